The van der Waals surface area contributed by atoms with E-state index in [1.165, 1.54) is 0 Å². The molecule has 0 fully saturated rings. The van der Waals surface area contributed by atoms with Crippen LogP contribution in [0.5, 0.6) is 5.75 Å². The van der Waals surface area contributed by atoms with Crippen molar-refractivity contribution < 1.29 is 14.1 Å². The molecule has 6 nitrogen and oxygen atoms in total. The monoisotopic (exact) mass is 391 g/mol. The van der Waals surface area contributed by atoms with Crippen LogP contribution in [0.4, 0.5) is 0 Å². The number of hydrogen-bond donors (Lipinski definition) is 0. The van der Waals surface area contributed by atoms with Crippen molar-refractivity contribution in [1.82, 2.24) is 15.0 Å². The Balaban J connectivity index is 1.73. The van der Waals surface area contributed by atoms with Crippen LogP contribution in [0.25, 0.3) is 11.4 Å². The first-order valence-corrected chi connectivity index (χ1v) is 9.63. The van der Waals surface area contributed by atoms with Gasteiger partial charge in [0, 0.05) is 17.7 Å². The Hall–Kier alpha value is -3.41. The van der Waals surface area contributed by atoms with Crippen molar-refractivity contribution in [2.75, 3.05) is 13.2 Å². The minimum Gasteiger partial charge on any atom is -0.494 e. The maximum absolute atomic E-state index is 12.9. The van der Waals surface area contributed by atoms with E-state index in [1.54, 1.807) is 35.2 Å². The van der Waals surface area contributed by atoms with Gasteiger partial charge >= 0.3 is 0 Å². The van der Waals surface area contributed by atoms with Crippen LogP contribution in [0.2, 0.25) is 0 Å². The number of nitrogens with zero attached hydrogens (tertiary/aromatic N) is 3. The van der Waals surface area contributed by atoms with Crippen LogP contribution in [0, 0.1) is 6.92 Å². The van der Waals surface area contributed by atoms with E-state index in [0.29, 0.717) is 30.4 Å². The second kappa shape index (κ2) is 9.68. The van der Waals surface area contributed by atoms with E-state index in [-0.39, 0.29) is 12.5 Å². The Morgan fingerprint density at radius 3 is 2.72 bits per heavy atom. The molecule has 1 aromatic heterocycles. The van der Waals surface area contributed by atoms with E-state index >= 15 is 0 Å². The summed E-state index contributed by atoms with van der Waals surface area (Å²) in [5.41, 5.74) is 2.56. The zero-order chi connectivity index (χ0) is 20.6. The number of carbonyl (C=O) groups is 1. The molecule has 0 atom stereocenters. The third kappa shape index (κ3) is 5.31. The van der Waals surface area contributed by atoms with E-state index in [4.69, 9.17) is 9.26 Å². The molecule has 3 rings (SSSR count). The van der Waals surface area contributed by atoms with Gasteiger partial charge in [-0.25, -0.2) is 0 Å². The molecule has 0 aliphatic rings. The standard InChI is InChI=1S/C23H25N3O3/c1-4-13-26(23(27)18-9-11-20(12-10-18)28-14-5-2)16-21-24-22(25-29-21)19-8-6-7-17(3)15-19/h4,6-12,15H,1,5,13-14,16H2,2-3H3. The maximum Gasteiger partial charge on any atom is 0.254 e. The number of aromatic nitrogens is 2. The van der Waals surface area contributed by atoms with Gasteiger partial charge in [0.25, 0.3) is 5.91 Å². The third-order valence-corrected chi connectivity index (χ3v) is 4.28. The summed E-state index contributed by atoms with van der Waals surface area (Å²) in [5, 5.41) is 4.05. The first-order chi connectivity index (χ1) is 14.1. The first kappa shape index (κ1) is 20.3. The Kier molecular flexibility index (Phi) is 6.79. The van der Waals surface area contributed by atoms with Crippen molar-refractivity contribution in [2.24, 2.45) is 0 Å². The molecule has 3 aromatic rings. The van der Waals surface area contributed by atoms with Gasteiger partial charge < -0.3 is 14.2 Å². The smallest absolute Gasteiger partial charge is 0.254 e. The van der Waals surface area contributed by atoms with Gasteiger partial charge in [0.2, 0.25) is 11.7 Å². The molecule has 6 heteroatoms. The van der Waals surface area contributed by atoms with E-state index < -0.39 is 0 Å². The van der Waals surface area contributed by atoms with E-state index in [0.717, 1.165) is 23.3 Å². The topological polar surface area (TPSA) is 68.5 Å². The number of ether oxygens (including phenoxy) is 1. The second-order valence-corrected chi connectivity index (χ2v) is 6.73. The van der Waals surface area contributed by atoms with E-state index in [1.807, 2.05) is 38.1 Å². The summed E-state index contributed by atoms with van der Waals surface area (Å²) in [5.74, 6) is 1.49. The van der Waals surface area contributed by atoms with Crippen molar-refractivity contribution >= 4 is 5.91 Å². The maximum atomic E-state index is 12.9. The van der Waals surface area contributed by atoms with E-state index in [9.17, 15) is 4.79 Å². The SMILES string of the molecule is C=CCN(Cc1nc(-c2cccc(C)c2)no1)C(=O)c1ccc(OCCC)cc1. The molecular weight excluding hydrogens is 366 g/mol. The zero-order valence-corrected chi connectivity index (χ0v) is 16.8. The number of benzene rings is 2. The molecule has 150 valence electrons. The molecule has 29 heavy (non-hydrogen) atoms. The van der Waals surface area contributed by atoms with Gasteiger partial charge in [-0.3, -0.25) is 4.79 Å². The lowest BCUT2D eigenvalue weighted by Crippen LogP contribution is -2.30. The lowest BCUT2D eigenvalue weighted by Gasteiger charge is -2.19. The van der Waals surface area contributed by atoms with Crippen LogP contribution >= 0.6 is 0 Å². The number of rotatable bonds is 9. The first-order valence-electron chi connectivity index (χ1n) is 9.63. The summed E-state index contributed by atoms with van der Waals surface area (Å²) in [7, 11) is 0. The van der Waals surface area contributed by atoms with Crippen LogP contribution in [0.3, 0.4) is 0 Å². The zero-order valence-electron chi connectivity index (χ0n) is 16.8. The highest BCUT2D eigenvalue weighted by Crippen LogP contribution is 2.19. The quantitative estimate of drug-likeness (QED) is 0.496. The van der Waals surface area contributed by atoms with Gasteiger partial charge in [0.15, 0.2) is 0 Å². The Labute approximate surface area is 170 Å². The molecule has 0 unspecified atom stereocenters. The summed E-state index contributed by atoms with van der Waals surface area (Å²) in [4.78, 5) is 19.0. The summed E-state index contributed by atoms with van der Waals surface area (Å²) >= 11 is 0. The van der Waals surface area contributed by atoms with Crippen LogP contribution < -0.4 is 4.74 Å². The molecule has 0 bridgehead atoms. The van der Waals surface area contributed by atoms with Crippen LogP contribution in [0.1, 0.15) is 35.2 Å². The molecule has 0 spiro atoms. The number of hydrogen-bond acceptors (Lipinski definition) is 5. The highest BCUT2D eigenvalue weighted by Gasteiger charge is 2.19. The van der Waals surface area contributed by atoms with Gasteiger partial charge in [-0.1, -0.05) is 41.9 Å². The summed E-state index contributed by atoms with van der Waals surface area (Å²) in [6, 6.07) is 15.0. The van der Waals surface area contributed by atoms with Crippen LogP contribution in [-0.2, 0) is 6.54 Å². The fourth-order valence-corrected chi connectivity index (χ4v) is 2.86. The van der Waals surface area contributed by atoms with Crippen molar-refractivity contribution in [3.8, 4) is 17.1 Å². The molecule has 0 saturated carbocycles. The molecule has 2 aromatic carbocycles. The summed E-state index contributed by atoms with van der Waals surface area (Å²) in [6.45, 7) is 9.03. The molecule has 0 N–H and O–H groups in total. The van der Waals surface area contributed by atoms with Crippen LogP contribution in [0.15, 0.2) is 65.7 Å². The van der Waals surface area contributed by atoms with Crippen molar-refractivity contribution in [1.29, 1.82) is 0 Å². The van der Waals surface area contributed by atoms with Gasteiger partial charge in [-0.05, 0) is 43.7 Å². The lowest BCUT2D eigenvalue weighted by molar-refractivity contribution is 0.0745. The Morgan fingerprint density at radius 1 is 1.24 bits per heavy atom. The Morgan fingerprint density at radius 2 is 2.03 bits per heavy atom. The molecule has 1 heterocycles. The number of amides is 1. The normalized spacial score (nSPS) is 10.6. The molecule has 0 aliphatic heterocycles. The van der Waals surface area contributed by atoms with E-state index in [2.05, 4.69) is 16.7 Å². The highest BCUT2D eigenvalue weighted by molar-refractivity contribution is 5.94. The summed E-state index contributed by atoms with van der Waals surface area (Å²) in [6.07, 6.45) is 2.61. The molecule has 0 radical (unpaired) electrons. The van der Waals surface area contributed by atoms with Crippen molar-refractivity contribution in [3.63, 3.8) is 0 Å². The predicted molar refractivity (Wildman–Crippen MR) is 112 cm³/mol. The molecule has 1 amide bonds. The minimum atomic E-state index is -0.137. The van der Waals surface area contributed by atoms with Crippen LogP contribution in [-0.4, -0.2) is 34.1 Å². The number of aryl methyl sites for hydroxylation is 1. The average Bonchev–Trinajstić information content (AvgIpc) is 3.20. The van der Waals surface area contributed by atoms with Gasteiger partial charge in [0.05, 0.1) is 6.61 Å². The Bertz CT molecular complexity index is 964. The molecular formula is C23H25N3O3. The molecule has 0 aliphatic carbocycles. The average molecular weight is 391 g/mol. The minimum absolute atomic E-state index is 0.137. The highest BCUT2D eigenvalue weighted by atomic mass is 16.5. The lowest BCUT2D eigenvalue weighted by atomic mass is 10.1. The summed E-state index contributed by atoms with van der Waals surface area (Å²) < 4.78 is 10.9. The largest absolute Gasteiger partial charge is 0.494 e. The van der Waals surface area contributed by atoms with Crippen molar-refractivity contribution in [2.45, 2.75) is 26.8 Å². The predicted octanol–water partition coefficient (Wildman–Crippen LogP) is 4.66. The second-order valence-electron chi connectivity index (χ2n) is 6.73. The third-order valence-electron chi connectivity index (χ3n) is 4.28. The van der Waals surface area contributed by atoms with Gasteiger partial charge in [-0.15, -0.1) is 6.58 Å². The fourth-order valence-electron chi connectivity index (χ4n) is 2.86. The fraction of sp³-hybridized carbons (Fsp3) is 0.261. The number of carbonyl (C=O) groups excluding carboxylic acids is 1. The van der Waals surface area contributed by atoms with Crippen molar-refractivity contribution in [3.05, 3.63) is 78.2 Å². The van der Waals surface area contributed by atoms with Gasteiger partial charge in [-0.2, -0.15) is 4.98 Å². The van der Waals surface area contributed by atoms with Gasteiger partial charge in [0.1, 0.15) is 12.3 Å². The molecule has 0 saturated heterocycles.